The number of benzene rings is 1. The number of amides is 1. The van der Waals surface area contributed by atoms with Gasteiger partial charge in [0.05, 0.1) is 0 Å². The highest BCUT2D eigenvalue weighted by Gasteiger charge is 2.17. The number of hydrogen-bond donors (Lipinski definition) is 2. The summed E-state index contributed by atoms with van der Waals surface area (Å²) in [6.45, 7) is 0. The van der Waals surface area contributed by atoms with Gasteiger partial charge in [-0.05, 0) is 36.6 Å². The lowest BCUT2D eigenvalue weighted by Crippen LogP contribution is -2.32. The van der Waals surface area contributed by atoms with Crippen LogP contribution in [0.2, 0.25) is 0 Å². The van der Waals surface area contributed by atoms with Gasteiger partial charge in [0.25, 0.3) is 5.91 Å². The molecule has 19 heavy (non-hydrogen) atoms. The zero-order valence-corrected chi connectivity index (χ0v) is 10.6. The minimum Gasteiger partial charge on any atom is -0.478 e. The molecule has 1 aliphatic rings. The van der Waals surface area contributed by atoms with Crippen LogP contribution in [0.15, 0.2) is 30.3 Å². The standard InChI is InChI=1S/C15H17NO3/c17-14(18)10-7-11-5-8-12(9-6-11)15(19)16-13-3-1-2-4-13/h5-10,13H,1-4H2,(H,16,19)(H,17,18). The first kappa shape index (κ1) is 13.3. The van der Waals surface area contributed by atoms with Gasteiger partial charge in [0, 0.05) is 17.7 Å². The molecule has 0 heterocycles. The van der Waals surface area contributed by atoms with Crippen LogP contribution in [-0.4, -0.2) is 23.0 Å². The highest BCUT2D eigenvalue weighted by Crippen LogP contribution is 2.18. The summed E-state index contributed by atoms with van der Waals surface area (Å²) in [6, 6.07) is 7.21. The van der Waals surface area contributed by atoms with Crippen LogP contribution in [0, 0.1) is 0 Å². The summed E-state index contributed by atoms with van der Waals surface area (Å²) in [5, 5.41) is 11.5. The summed E-state index contributed by atoms with van der Waals surface area (Å²) in [5.41, 5.74) is 1.37. The van der Waals surface area contributed by atoms with Crippen molar-refractivity contribution < 1.29 is 14.7 Å². The maximum absolute atomic E-state index is 12.0. The normalized spacial score (nSPS) is 15.8. The summed E-state index contributed by atoms with van der Waals surface area (Å²) in [7, 11) is 0. The largest absolute Gasteiger partial charge is 0.478 e. The van der Waals surface area contributed by atoms with E-state index in [4.69, 9.17) is 5.11 Å². The second-order valence-electron chi connectivity index (χ2n) is 4.75. The molecule has 100 valence electrons. The number of carbonyl (C=O) groups is 2. The van der Waals surface area contributed by atoms with Gasteiger partial charge in [-0.15, -0.1) is 0 Å². The number of nitrogens with one attached hydrogen (secondary N) is 1. The van der Waals surface area contributed by atoms with Crippen molar-refractivity contribution in [2.75, 3.05) is 0 Å². The average Bonchev–Trinajstić information content (AvgIpc) is 2.89. The predicted molar refractivity (Wildman–Crippen MR) is 72.8 cm³/mol. The van der Waals surface area contributed by atoms with Crippen molar-refractivity contribution in [1.29, 1.82) is 0 Å². The van der Waals surface area contributed by atoms with Crippen molar-refractivity contribution in [3.05, 3.63) is 41.5 Å². The Morgan fingerprint density at radius 2 is 1.79 bits per heavy atom. The van der Waals surface area contributed by atoms with Crippen molar-refractivity contribution in [1.82, 2.24) is 5.32 Å². The molecule has 2 rings (SSSR count). The summed E-state index contributed by atoms with van der Waals surface area (Å²) >= 11 is 0. The van der Waals surface area contributed by atoms with E-state index in [9.17, 15) is 9.59 Å². The van der Waals surface area contributed by atoms with Gasteiger partial charge in [-0.2, -0.15) is 0 Å². The first-order valence-corrected chi connectivity index (χ1v) is 6.47. The van der Waals surface area contributed by atoms with Crippen molar-refractivity contribution >= 4 is 18.0 Å². The van der Waals surface area contributed by atoms with Gasteiger partial charge in [0.1, 0.15) is 0 Å². The number of hydrogen-bond acceptors (Lipinski definition) is 2. The molecule has 2 N–H and O–H groups in total. The lowest BCUT2D eigenvalue weighted by atomic mass is 10.1. The van der Waals surface area contributed by atoms with E-state index >= 15 is 0 Å². The van der Waals surface area contributed by atoms with E-state index in [1.54, 1.807) is 24.3 Å². The maximum Gasteiger partial charge on any atom is 0.328 e. The molecule has 4 nitrogen and oxygen atoms in total. The van der Waals surface area contributed by atoms with Crippen LogP contribution in [-0.2, 0) is 4.79 Å². The second-order valence-corrected chi connectivity index (χ2v) is 4.75. The second kappa shape index (κ2) is 6.18. The van der Waals surface area contributed by atoms with Crippen molar-refractivity contribution in [2.45, 2.75) is 31.7 Å². The third-order valence-electron chi connectivity index (χ3n) is 3.28. The minimum absolute atomic E-state index is 0.0549. The lowest BCUT2D eigenvalue weighted by molar-refractivity contribution is -0.131. The van der Waals surface area contributed by atoms with Gasteiger partial charge in [0.2, 0.25) is 0 Å². The molecular weight excluding hydrogens is 242 g/mol. The Hall–Kier alpha value is -2.10. The third kappa shape index (κ3) is 3.95. The van der Waals surface area contributed by atoms with Crippen LogP contribution in [0.5, 0.6) is 0 Å². The number of aliphatic carboxylic acids is 1. The fourth-order valence-corrected chi connectivity index (χ4v) is 2.25. The van der Waals surface area contributed by atoms with E-state index in [0.717, 1.165) is 24.5 Å². The Morgan fingerprint density at radius 3 is 2.37 bits per heavy atom. The number of carboxylic acid groups (broad SMARTS) is 1. The number of carbonyl (C=O) groups excluding carboxylic acids is 1. The van der Waals surface area contributed by atoms with E-state index in [0.29, 0.717) is 11.6 Å². The summed E-state index contributed by atoms with van der Waals surface area (Å²) < 4.78 is 0. The molecule has 1 aromatic carbocycles. The molecule has 1 aliphatic carbocycles. The summed E-state index contributed by atoms with van der Waals surface area (Å²) in [6.07, 6.45) is 7.07. The number of carboxylic acids is 1. The summed E-state index contributed by atoms with van der Waals surface area (Å²) in [4.78, 5) is 22.3. The van der Waals surface area contributed by atoms with Gasteiger partial charge in [-0.3, -0.25) is 4.79 Å². The molecule has 1 amide bonds. The van der Waals surface area contributed by atoms with E-state index in [1.807, 2.05) is 0 Å². The first-order chi connectivity index (χ1) is 9.15. The van der Waals surface area contributed by atoms with Crippen molar-refractivity contribution in [2.24, 2.45) is 0 Å². The Bertz CT molecular complexity index is 485. The molecule has 0 radical (unpaired) electrons. The molecule has 4 heteroatoms. The molecule has 0 unspecified atom stereocenters. The quantitative estimate of drug-likeness (QED) is 0.816. The molecule has 0 bridgehead atoms. The van der Waals surface area contributed by atoms with E-state index in [1.165, 1.54) is 18.9 Å². The van der Waals surface area contributed by atoms with E-state index in [2.05, 4.69) is 5.32 Å². The van der Waals surface area contributed by atoms with Crippen LogP contribution in [0.4, 0.5) is 0 Å². The van der Waals surface area contributed by atoms with Crippen LogP contribution in [0.25, 0.3) is 6.08 Å². The monoisotopic (exact) mass is 259 g/mol. The highest BCUT2D eigenvalue weighted by atomic mass is 16.4. The molecule has 1 fully saturated rings. The fraction of sp³-hybridized carbons (Fsp3) is 0.333. The van der Waals surface area contributed by atoms with Crippen LogP contribution in [0.3, 0.4) is 0 Å². The lowest BCUT2D eigenvalue weighted by Gasteiger charge is -2.11. The molecule has 1 aromatic rings. The Morgan fingerprint density at radius 1 is 1.16 bits per heavy atom. The third-order valence-corrected chi connectivity index (χ3v) is 3.28. The van der Waals surface area contributed by atoms with E-state index < -0.39 is 5.97 Å². The van der Waals surface area contributed by atoms with Gasteiger partial charge >= 0.3 is 5.97 Å². The van der Waals surface area contributed by atoms with Gasteiger partial charge in [-0.25, -0.2) is 4.79 Å². The van der Waals surface area contributed by atoms with E-state index in [-0.39, 0.29) is 5.91 Å². The van der Waals surface area contributed by atoms with Crippen molar-refractivity contribution in [3.63, 3.8) is 0 Å². The zero-order chi connectivity index (χ0) is 13.7. The number of rotatable bonds is 4. The molecule has 0 aromatic heterocycles. The molecule has 1 saturated carbocycles. The predicted octanol–water partition coefficient (Wildman–Crippen LogP) is 2.46. The van der Waals surface area contributed by atoms with Crippen LogP contribution < -0.4 is 5.32 Å². The summed E-state index contributed by atoms with van der Waals surface area (Å²) in [5.74, 6) is -1.04. The highest BCUT2D eigenvalue weighted by molar-refractivity contribution is 5.94. The molecule has 0 spiro atoms. The zero-order valence-electron chi connectivity index (χ0n) is 10.6. The topological polar surface area (TPSA) is 66.4 Å². The molecule has 0 atom stereocenters. The van der Waals surface area contributed by atoms with Gasteiger partial charge < -0.3 is 10.4 Å². The molecule has 0 saturated heterocycles. The molecular formula is C15H17NO3. The smallest absolute Gasteiger partial charge is 0.328 e. The van der Waals surface area contributed by atoms with Gasteiger partial charge in [0.15, 0.2) is 0 Å². The maximum atomic E-state index is 12.0. The Labute approximate surface area is 112 Å². The van der Waals surface area contributed by atoms with Gasteiger partial charge in [-0.1, -0.05) is 25.0 Å². The first-order valence-electron chi connectivity index (χ1n) is 6.47. The SMILES string of the molecule is O=C(O)C=Cc1ccc(C(=O)NC2CCCC2)cc1. The minimum atomic E-state index is -0.983. The van der Waals surface area contributed by atoms with Crippen LogP contribution in [0.1, 0.15) is 41.6 Å². The average molecular weight is 259 g/mol. The van der Waals surface area contributed by atoms with Crippen LogP contribution >= 0.6 is 0 Å². The molecule has 0 aliphatic heterocycles. The Kier molecular flexibility index (Phi) is 4.34. The van der Waals surface area contributed by atoms with Crippen molar-refractivity contribution in [3.8, 4) is 0 Å². The fourth-order valence-electron chi connectivity index (χ4n) is 2.25. The Balaban J connectivity index is 1.97.